The van der Waals surface area contributed by atoms with Gasteiger partial charge in [-0.25, -0.2) is 0 Å². The first-order valence-corrected chi connectivity index (χ1v) is 9.47. The van der Waals surface area contributed by atoms with Gasteiger partial charge in [0, 0.05) is 11.1 Å². The van der Waals surface area contributed by atoms with Gasteiger partial charge < -0.3 is 14.0 Å². The topological polar surface area (TPSA) is 69.9 Å². The zero-order valence-corrected chi connectivity index (χ0v) is 16.8. The Balaban J connectivity index is 2.05. The van der Waals surface area contributed by atoms with Crippen LogP contribution in [-0.2, 0) is 20.9 Å². The molecule has 28 heavy (non-hydrogen) atoms. The maximum atomic E-state index is 12.4. The summed E-state index contributed by atoms with van der Waals surface area (Å²) in [4.78, 5) is 28.8. The van der Waals surface area contributed by atoms with Crippen LogP contribution in [0.3, 0.4) is 0 Å². The van der Waals surface area contributed by atoms with Gasteiger partial charge in [0.25, 0.3) is 5.91 Å². The molecule has 3 rings (SSSR count). The number of carbonyl (C=O) groups excluding carboxylic acids is 2. The van der Waals surface area contributed by atoms with E-state index in [1.165, 1.54) is 24.5 Å². The molecule has 0 unspecified atom stereocenters. The summed E-state index contributed by atoms with van der Waals surface area (Å²) in [5, 5.41) is 0.541. The van der Waals surface area contributed by atoms with Crippen molar-refractivity contribution in [3.05, 3.63) is 63.9 Å². The highest BCUT2D eigenvalue weighted by atomic mass is 35.5. The summed E-state index contributed by atoms with van der Waals surface area (Å²) < 4.78 is 12.6. The van der Waals surface area contributed by atoms with Crippen molar-refractivity contribution in [2.75, 3.05) is 14.2 Å². The minimum Gasteiger partial charge on any atom is -0.495 e. The number of thiazole rings is 1. The van der Waals surface area contributed by atoms with Crippen molar-refractivity contribution < 1.29 is 19.1 Å². The number of para-hydroxylation sites is 1. The molecule has 144 valence electrons. The summed E-state index contributed by atoms with van der Waals surface area (Å²) in [5.41, 5.74) is 1.40. The quantitative estimate of drug-likeness (QED) is 0.470. The van der Waals surface area contributed by atoms with E-state index in [4.69, 9.17) is 21.1 Å². The Morgan fingerprint density at radius 1 is 1.18 bits per heavy atom. The first kappa shape index (κ1) is 19.9. The van der Waals surface area contributed by atoms with Crippen LogP contribution in [0.15, 0.2) is 53.5 Å². The minimum atomic E-state index is -0.468. The molecule has 0 radical (unpaired) electrons. The van der Waals surface area contributed by atoms with Crippen molar-refractivity contribution in [3.63, 3.8) is 0 Å². The van der Waals surface area contributed by atoms with Crippen LogP contribution >= 0.6 is 22.9 Å². The largest absolute Gasteiger partial charge is 0.495 e. The Morgan fingerprint density at radius 2 is 1.96 bits per heavy atom. The number of rotatable bonds is 5. The zero-order valence-electron chi connectivity index (χ0n) is 15.2. The van der Waals surface area contributed by atoms with Gasteiger partial charge in [0.2, 0.25) is 0 Å². The van der Waals surface area contributed by atoms with Crippen LogP contribution in [0.5, 0.6) is 5.75 Å². The fourth-order valence-corrected chi connectivity index (χ4v) is 3.84. The number of nitrogens with zero attached hydrogens (tertiary/aromatic N) is 2. The lowest BCUT2D eigenvalue weighted by atomic mass is 10.2. The second-order valence-corrected chi connectivity index (χ2v) is 7.08. The summed E-state index contributed by atoms with van der Waals surface area (Å²) in [6.45, 7) is -0.0861. The standard InChI is InChI=1S/C20H17ClN2O4S/c1-26-15-8-5-9-16-19(15)23(12-18(25)27-2)20(28-16)22-17(24)11-10-13-6-3-4-7-14(13)21/h3-11H,12H2,1-2H3. The highest BCUT2D eigenvalue weighted by molar-refractivity contribution is 7.16. The third-order valence-electron chi connectivity index (χ3n) is 3.92. The molecule has 0 atom stereocenters. The molecule has 0 bridgehead atoms. The number of aromatic nitrogens is 1. The molecule has 0 aliphatic heterocycles. The number of benzene rings is 2. The highest BCUT2D eigenvalue weighted by Crippen LogP contribution is 2.27. The fourth-order valence-electron chi connectivity index (χ4n) is 2.59. The normalized spacial score (nSPS) is 11.9. The number of carbonyl (C=O) groups is 2. The molecule has 0 N–H and O–H groups in total. The lowest BCUT2D eigenvalue weighted by Gasteiger charge is -2.07. The molecule has 0 aliphatic carbocycles. The maximum Gasteiger partial charge on any atom is 0.325 e. The van der Waals surface area contributed by atoms with Crippen LogP contribution in [-0.4, -0.2) is 30.7 Å². The fraction of sp³-hybridized carbons (Fsp3) is 0.150. The molecular weight excluding hydrogens is 400 g/mol. The van der Waals surface area contributed by atoms with E-state index in [0.717, 1.165) is 4.70 Å². The highest BCUT2D eigenvalue weighted by Gasteiger charge is 2.14. The van der Waals surface area contributed by atoms with Crippen molar-refractivity contribution in [3.8, 4) is 5.75 Å². The number of esters is 1. The predicted octanol–water partition coefficient (Wildman–Crippen LogP) is 3.68. The van der Waals surface area contributed by atoms with Crippen LogP contribution in [0.2, 0.25) is 5.02 Å². The van der Waals surface area contributed by atoms with Crippen molar-refractivity contribution >= 4 is 51.1 Å². The van der Waals surface area contributed by atoms with E-state index in [1.807, 2.05) is 24.3 Å². The van der Waals surface area contributed by atoms with Gasteiger partial charge in [-0.2, -0.15) is 4.99 Å². The molecule has 1 aromatic heterocycles. The number of fused-ring (bicyclic) bond motifs is 1. The van der Waals surface area contributed by atoms with Crippen molar-refractivity contribution in [1.82, 2.24) is 4.57 Å². The van der Waals surface area contributed by atoms with E-state index in [-0.39, 0.29) is 6.54 Å². The molecular formula is C20H17ClN2O4S. The molecule has 0 saturated heterocycles. The summed E-state index contributed by atoms with van der Waals surface area (Å²) in [6, 6.07) is 12.7. The van der Waals surface area contributed by atoms with Gasteiger partial charge >= 0.3 is 5.97 Å². The number of amides is 1. The first-order chi connectivity index (χ1) is 13.5. The second-order valence-electron chi connectivity index (χ2n) is 5.66. The smallest absolute Gasteiger partial charge is 0.325 e. The average molecular weight is 417 g/mol. The molecule has 1 amide bonds. The van der Waals surface area contributed by atoms with Gasteiger partial charge in [0.15, 0.2) is 4.80 Å². The monoisotopic (exact) mass is 416 g/mol. The van der Waals surface area contributed by atoms with E-state index in [2.05, 4.69) is 4.99 Å². The summed E-state index contributed by atoms with van der Waals surface area (Å²) in [7, 11) is 2.85. The number of halogens is 1. The van der Waals surface area contributed by atoms with Crippen LogP contribution in [0.1, 0.15) is 5.56 Å². The lowest BCUT2D eigenvalue weighted by Crippen LogP contribution is -2.22. The molecule has 0 fully saturated rings. The SMILES string of the molecule is COC(=O)Cn1c(=NC(=O)C=Cc2ccccc2Cl)sc2cccc(OC)c21. The molecule has 0 saturated carbocycles. The van der Waals surface area contributed by atoms with Crippen LogP contribution in [0.4, 0.5) is 0 Å². The van der Waals surface area contributed by atoms with Crippen LogP contribution in [0, 0.1) is 0 Å². The van der Waals surface area contributed by atoms with Gasteiger partial charge in [0.1, 0.15) is 17.8 Å². The minimum absolute atomic E-state index is 0.0861. The Morgan fingerprint density at radius 3 is 2.68 bits per heavy atom. The van der Waals surface area contributed by atoms with Crippen LogP contribution in [0.25, 0.3) is 16.3 Å². The van der Waals surface area contributed by atoms with Gasteiger partial charge in [0.05, 0.1) is 18.9 Å². The van der Waals surface area contributed by atoms with Crippen molar-refractivity contribution in [2.45, 2.75) is 6.54 Å². The van der Waals surface area contributed by atoms with E-state index >= 15 is 0 Å². The maximum absolute atomic E-state index is 12.4. The number of ether oxygens (including phenoxy) is 2. The van der Waals surface area contributed by atoms with E-state index in [0.29, 0.717) is 26.7 Å². The number of methoxy groups -OCH3 is 2. The van der Waals surface area contributed by atoms with E-state index in [9.17, 15) is 9.59 Å². The second kappa shape index (κ2) is 8.86. The average Bonchev–Trinajstić information content (AvgIpc) is 3.04. The molecule has 6 nitrogen and oxygen atoms in total. The molecule has 0 spiro atoms. The third kappa shape index (κ3) is 4.32. The predicted molar refractivity (Wildman–Crippen MR) is 109 cm³/mol. The zero-order chi connectivity index (χ0) is 20.1. The summed E-state index contributed by atoms with van der Waals surface area (Å²) in [5.74, 6) is -0.340. The molecule has 0 aliphatic rings. The Kier molecular flexibility index (Phi) is 6.28. The van der Waals surface area contributed by atoms with Gasteiger partial charge in [-0.1, -0.05) is 47.2 Å². The van der Waals surface area contributed by atoms with Crippen molar-refractivity contribution in [2.24, 2.45) is 4.99 Å². The molecule has 8 heteroatoms. The summed E-state index contributed by atoms with van der Waals surface area (Å²) in [6.07, 6.45) is 2.94. The third-order valence-corrected chi connectivity index (χ3v) is 5.30. The number of hydrogen-bond donors (Lipinski definition) is 0. The van der Waals surface area contributed by atoms with Gasteiger partial charge in [-0.15, -0.1) is 0 Å². The molecule has 1 heterocycles. The van der Waals surface area contributed by atoms with Gasteiger partial charge in [-0.3, -0.25) is 9.59 Å². The Hall–Kier alpha value is -2.90. The number of hydrogen-bond acceptors (Lipinski definition) is 5. The van der Waals surface area contributed by atoms with E-state index in [1.54, 1.807) is 36.0 Å². The lowest BCUT2D eigenvalue weighted by molar-refractivity contribution is -0.141. The molecule has 3 aromatic rings. The van der Waals surface area contributed by atoms with Crippen molar-refractivity contribution in [1.29, 1.82) is 0 Å². The first-order valence-electron chi connectivity index (χ1n) is 8.28. The Labute approximate surface area is 170 Å². The van der Waals surface area contributed by atoms with E-state index < -0.39 is 11.9 Å². The summed E-state index contributed by atoms with van der Waals surface area (Å²) >= 11 is 7.38. The molecule has 2 aromatic carbocycles. The Bertz CT molecular complexity index is 1130. The van der Waals surface area contributed by atoms with Gasteiger partial charge in [-0.05, 0) is 29.8 Å². The van der Waals surface area contributed by atoms with Crippen LogP contribution < -0.4 is 9.54 Å².